The minimum absolute atomic E-state index is 0.168. The molecule has 1 N–H and O–H groups in total. The number of carbonyl (C=O) groups excluding carboxylic acids is 2. The normalized spacial score (nSPS) is 11.5. The first kappa shape index (κ1) is 14.8. The van der Waals surface area contributed by atoms with E-state index in [9.17, 15) is 14.0 Å². The Morgan fingerprint density at radius 2 is 2.00 bits per heavy atom. The van der Waals surface area contributed by atoms with Gasteiger partial charge in [-0.25, -0.2) is 4.39 Å². The number of halogens is 2. The summed E-state index contributed by atoms with van der Waals surface area (Å²) in [4.78, 5) is 24.0. The Hall–Kier alpha value is -2.65. The fraction of sp³-hybridized carbons (Fsp3) is 0.0714. The van der Waals surface area contributed by atoms with E-state index in [4.69, 9.17) is 16.9 Å². The van der Waals surface area contributed by atoms with E-state index in [1.807, 2.05) is 0 Å². The first-order chi connectivity index (χ1) is 10.0. The summed E-state index contributed by atoms with van der Waals surface area (Å²) < 4.78 is 14.2. The summed E-state index contributed by atoms with van der Waals surface area (Å²) in [6.45, 7) is 0. The van der Waals surface area contributed by atoms with E-state index in [0.717, 1.165) is 10.6 Å². The largest absolute Gasteiger partial charge is 0.324 e. The molecule has 5 nitrogen and oxygen atoms in total. The van der Waals surface area contributed by atoms with Gasteiger partial charge in [0.25, 0.3) is 11.8 Å². The molecular formula is C14H9ClFN3O2. The Morgan fingerprint density at radius 3 is 2.57 bits per heavy atom. The summed E-state index contributed by atoms with van der Waals surface area (Å²) in [5.41, 5.74) is 0.201. The number of nitrogens with zero attached hydrogens (tertiary/aromatic N) is 2. The first-order valence-electron chi connectivity index (χ1n) is 5.85. The Kier molecular flexibility index (Phi) is 4.36. The van der Waals surface area contributed by atoms with Crippen LogP contribution < -0.4 is 5.32 Å². The number of nitrogens with one attached hydrogen (secondary N) is 1. The number of hydrogen-bond acceptors (Lipinski definition) is 3. The van der Waals surface area contributed by atoms with Crippen molar-refractivity contribution in [1.29, 1.82) is 5.26 Å². The number of amides is 1. The van der Waals surface area contributed by atoms with Gasteiger partial charge in [0.05, 0.1) is 11.1 Å². The van der Waals surface area contributed by atoms with Crippen LogP contribution >= 0.6 is 11.6 Å². The van der Waals surface area contributed by atoms with E-state index in [0.29, 0.717) is 0 Å². The highest BCUT2D eigenvalue weighted by molar-refractivity contribution is 6.31. The van der Waals surface area contributed by atoms with Gasteiger partial charge in [-0.3, -0.25) is 14.2 Å². The third kappa shape index (κ3) is 3.27. The SMILES string of the molecule is N#CC(C(=O)Nc1ccc(F)c(Cl)c1)C(=O)n1cccc1. The summed E-state index contributed by atoms with van der Waals surface area (Å²) in [5, 5.41) is 11.2. The molecule has 0 saturated heterocycles. The first-order valence-corrected chi connectivity index (χ1v) is 6.23. The molecule has 0 aliphatic rings. The van der Waals surface area contributed by atoms with Crippen molar-refractivity contribution in [2.45, 2.75) is 0 Å². The lowest BCUT2D eigenvalue weighted by Crippen LogP contribution is -2.31. The maximum Gasteiger partial charge on any atom is 0.257 e. The molecule has 0 saturated carbocycles. The molecule has 2 rings (SSSR count). The molecule has 1 aromatic heterocycles. The lowest BCUT2D eigenvalue weighted by atomic mass is 10.1. The highest BCUT2D eigenvalue weighted by atomic mass is 35.5. The van der Waals surface area contributed by atoms with E-state index in [1.165, 1.54) is 24.5 Å². The predicted octanol–water partition coefficient (Wildman–Crippen LogP) is 2.70. The predicted molar refractivity (Wildman–Crippen MR) is 74.2 cm³/mol. The molecule has 1 amide bonds. The number of anilines is 1. The number of rotatable bonds is 3. The second-order valence-corrected chi connectivity index (χ2v) is 4.52. The van der Waals surface area contributed by atoms with Crippen LogP contribution in [-0.2, 0) is 4.79 Å². The highest BCUT2D eigenvalue weighted by Crippen LogP contribution is 2.20. The Bertz CT molecular complexity index is 722. The summed E-state index contributed by atoms with van der Waals surface area (Å²) in [5.74, 6) is -3.62. The number of hydrogen-bond donors (Lipinski definition) is 1. The molecular weight excluding hydrogens is 297 g/mol. The van der Waals surface area contributed by atoms with Gasteiger partial charge in [-0.1, -0.05) is 11.6 Å². The van der Waals surface area contributed by atoms with Crippen LogP contribution in [0.15, 0.2) is 42.7 Å². The van der Waals surface area contributed by atoms with E-state index in [2.05, 4.69) is 5.32 Å². The van der Waals surface area contributed by atoms with Crippen LogP contribution in [0.5, 0.6) is 0 Å². The lowest BCUT2D eigenvalue weighted by molar-refractivity contribution is -0.117. The van der Waals surface area contributed by atoms with Gasteiger partial charge >= 0.3 is 0 Å². The van der Waals surface area contributed by atoms with E-state index >= 15 is 0 Å². The standard InChI is InChI=1S/C14H9ClFN3O2/c15-11-7-9(3-4-12(11)16)18-13(20)10(8-17)14(21)19-5-1-2-6-19/h1-7,10H,(H,18,20). The van der Waals surface area contributed by atoms with Gasteiger partial charge in [-0.2, -0.15) is 5.26 Å². The molecule has 0 aliphatic heterocycles. The number of carbonyl (C=O) groups is 2. The van der Waals surface area contributed by atoms with Crippen molar-refractivity contribution in [3.63, 3.8) is 0 Å². The van der Waals surface area contributed by atoms with Crippen molar-refractivity contribution in [2.75, 3.05) is 5.32 Å². The van der Waals surface area contributed by atoms with E-state index < -0.39 is 23.5 Å². The zero-order chi connectivity index (χ0) is 15.4. The third-order valence-corrected chi connectivity index (χ3v) is 2.97. The van der Waals surface area contributed by atoms with Gasteiger partial charge in [0.1, 0.15) is 5.82 Å². The molecule has 0 fully saturated rings. The Balaban J connectivity index is 2.16. The maximum atomic E-state index is 13.0. The monoisotopic (exact) mass is 305 g/mol. The molecule has 7 heteroatoms. The molecule has 2 aromatic rings. The van der Waals surface area contributed by atoms with Crippen LogP contribution in [0.3, 0.4) is 0 Å². The molecule has 0 radical (unpaired) electrons. The molecule has 1 aromatic carbocycles. The van der Waals surface area contributed by atoms with Crippen molar-refractivity contribution in [1.82, 2.24) is 4.57 Å². The summed E-state index contributed by atoms with van der Waals surface area (Å²) >= 11 is 5.59. The molecule has 0 spiro atoms. The fourth-order valence-electron chi connectivity index (χ4n) is 1.64. The average molecular weight is 306 g/mol. The van der Waals surface area contributed by atoms with Gasteiger partial charge in [0.2, 0.25) is 5.92 Å². The molecule has 21 heavy (non-hydrogen) atoms. The second kappa shape index (κ2) is 6.20. The van der Waals surface area contributed by atoms with Crippen molar-refractivity contribution >= 4 is 29.1 Å². The quantitative estimate of drug-likeness (QED) is 0.886. The lowest BCUT2D eigenvalue weighted by Gasteiger charge is -2.10. The van der Waals surface area contributed by atoms with Gasteiger partial charge in [-0.05, 0) is 30.3 Å². The van der Waals surface area contributed by atoms with E-state index in [-0.39, 0.29) is 10.7 Å². The molecule has 1 atom stereocenters. The van der Waals surface area contributed by atoms with Crippen LogP contribution in [0.1, 0.15) is 4.79 Å². The number of aromatic nitrogens is 1. The minimum Gasteiger partial charge on any atom is -0.324 e. The molecule has 0 bridgehead atoms. The maximum absolute atomic E-state index is 13.0. The Labute approximate surface area is 124 Å². The fourth-order valence-corrected chi connectivity index (χ4v) is 1.83. The summed E-state index contributed by atoms with van der Waals surface area (Å²) in [6, 6.07) is 8.41. The molecule has 1 unspecified atom stereocenters. The van der Waals surface area contributed by atoms with Crippen molar-refractivity contribution < 1.29 is 14.0 Å². The zero-order valence-corrected chi connectivity index (χ0v) is 11.3. The average Bonchev–Trinajstić information content (AvgIpc) is 2.97. The summed E-state index contributed by atoms with van der Waals surface area (Å²) in [7, 11) is 0. The van der Waals surface area contributed by atoms with Crippen molar-refractivity contribution in [2.24, 2.45) is 5.92 Å². The van der Waals surface area contributed by atoms with Crippen molar-refractivity contribution in [3.8, 4) is 6.07 Å². The minimum atomic E-state index is -1.51. The van der Waals surface area contributed by atoms with Crippen LogP contribution in [0.2, 0.25) is 5.02 Å². The van der Waals surface area contributed by atoms with Gasteiger partial charge < -0.3 is 5.32 Å². The van der Waals surface area contributed by atoms with Crippen LogP contribution in [0, 0.1) is 23.1 Å². The van der Waals surface area contributed by atoms with E-state index in [1.54, 1.807) is 18.2 Å². The smallest absolute Gasteiger partial charge is 0.257 e. The van der Waals surface area contributed by atoms with Crippen LogP contribution in [0.4, 0.5) is 10.1 Å². The second-order valence-electron chi connectivity index (χ2n) is 4.11. The molecule has 106 valence electrons. The van der Waals surface area contributed by atoms with Crippen molar-refractivity contribution in [3.05, 3.63) is 53.6 Å². The molecule has 1 heterocycles. The van der Waals surface area contributed by atoms with Gasteiger partial charge in [-0.15, -0.1) is 0 Å². The zero-order valence-electron chi connectivity index (χ0n) is 10.6. The Morgan fingerprint density at radius 1 is 1.33 bits per heavy atom. The number of benzene rings is 1. The topological polar surface area (TPSA) is 74.9 Å². The van der Waals surface area contributed by atoms with Crippen LogP contribution in [-0.4, -0.2) is 16.4 Å². The number of nitriles is 1. The summed E-state index contributed by atoms with van der Waals surface area (Å²) in [6.07, 6.45) is 2.88. The van der Waals surface area contributed by atoms with Gasteiger partial charge in [0, 0.05) is 18.1 Å². The molecule has 0 aliphatic carbocycles. The van der Waals surface area contributed by atoms with Crippen LogP contribution in [0.25, 0.3) is 0 Å². The van der Waals surface area contributed by atoms with Gasteiger partial charge in [0.15, 0.2) is 0 Å². The third-order valence-electron chi connectivity index (χ3n) is 2.68. The highest BCUT2D eigenvalue weighted by Gasteiger charge is 2.27.